The van der Waals surface area contributed by atoms with E-state index in [1.54, 1.807) is 19.9 Å². The molecule has 4 heterocycles. The first-order valence-electron chi connectivity index (χ1n) is 16.4. The number of carbonyl (C=O) groups is 2. The highest BCUT2D eigenvalue weighted by molar-refractivity contribution is 5.83. The molecular formula is C36H50O9. The van der Waals surface area contributed by atoms with E-state index < -0.39 is 47.6 Å². The van der Waals surface area contributed by atoms with Crippen molar-refractivity contribution in [2.75, 3.05) is 13.2 Å². The molecule has 10 atom stereocenters. The molecule has 4 aliphatic heterocycles. The molecule has 9 heteroatoms. The Balaban J connectivity index is 1.51. The largest absolute Gasteiger partial charge is 0.462 e. The lowest BCUT2D eigenvalue weighted by Crippen LogP contribution is -2.58. The molecule has 248 valence electrons. The average Bonchev–Trinajstić information content (AvgIpc) is 3.30. The highest BCUT2D eigenvalue weighted by Gasteiger charge is 2.60. The number of aliphatic hydroxyl groups is 2. The number of hydrogen-bond donors (Lipinski definition) is 2. The van der Waals surface area contributed by atoms with Crippen LogP contribution in [0.1, 0.15) is 80.1 Å². The number of rotatable bonds is 3. The Labute approximate surface area is 267 Å². The van der Waals surface area contributed by atoms with E-state index in [0.717, 1.165) is 18.4 Å². The van der Waals surface area contributed by atoms with Crippen LogP contribution in [0.4, 0.5) is 0 Å². The fourth-order valence-corrected chi connectivity index (χ4v) is 7.32. The molecule has 3 fully saturated rings. The second-order valence-electron chi connectivity index (χ2n) is 14.1. The van der Waals surface area contributed by atoms with Crippen molar-refractivity contribution >= 4 is 11.9 Å². The summed E-state index contributed by atoms with van der Waals surface area (Å²) in [5, 5.41) is 23.6. The van der Waals surface area contributed by atoms with Gasteiger partial charge in [0.15, 0.2) is 5.79 Å². The fourth-order valence-electron chi connectivity index (χ4n) is 7.32. The fraction of sp³-hybridized carbons (Fsp3) is 0.667. The zero-order valence-corrected chi connectivity index (χ0v) is 27.5. The summed E-state index contributed by atoms with van der Waals surface area (Å²) in [5.74, 6) is -2.62. The molecule has 0 aromatic heterocycles. The summed E-state index contributed by atoms with van der Waals surface area (Å²) in [7, 11) is 0. The highest BCUT2D eigenvalue weighted by atomic mass is 16.7. The first-order chi connectivity index (χ1) is 21.3. The lowest BCUT2D eigenvalue weighted by atomic mass is 9.70. The molecule has 5 rings (SSSR count). The van der Waals surface area contributed by atoms with E-state index in [-0.39, 0.29) is 36.9 Å². The van der Waals surface area contributed by atoms with E-state index >= 15 is 0 Å². The molecule has 0 aromatic carbocycles. The third-order valence-electron chi connectivity index (χ3n) is 9.95. The molecule has 2 bridgehead atoms. The smallest absolute Gasteiger partial charge is 0.331 e. The van der Waals surface area contributed by atoms with Crippen molar-refractivity contribution in [1.82, 2.24) is 0 Å². The van der Waals surface area contributed by atoms with Gasteiger partial charge in [-0.1, -0.05) is 55.4 Å². The van der Waals surface area contributed by atoms with Crippen molar-refractivity contribution in [2.45, 2.75) is 122 Å². The summed E-state index contributed by atoms with van der Waals surface area (Å²) in [6, 6.07) is 0. The van der Waals surface area contributed by atoms with Crippen molar-refractivity contribution in [3.05, 3.63) is 58.7 Å². The van der Waals surface area contributed by atoms with E-state index in [9.17, 15) is 19.8 Å². The van der Waals surface area contributed by atoms with Gasteiger partial charge in [0.25, 0.3) is 0 Å². The minimum absolute atomic E-state index is 0.000742. The summed E-state index contributed by atoms with van der Waals surface area (Å²) < 4.78 is 30.8. The van der Waals surface area contributed by atoms with Crippen molar-refractivity contribution in [3.63, 3.8) is 0 Å². The third-order valence-corrected chi connectivity index (χ3v) is 9.95. The van der Waals surface area contributed by atoms with Crippen LogP contribution in [0.15, 0.2) is 58.7 Å². The lowest BCUT2D eigenvalue weighted by molar-refractivity contribution is -0.332. The summed E-state index contributed by atoms with van der Waals surface area (Å²) in [6.07, 6.45) is 11.7. The second-order valence-corrected chi connectivity index (χ2v) is 14.1. The monoisotopic (exact) mass is 626 g/mol. The van der Waals surface area contributed by atoms with Crippen LogP contribution in [0.5, 0.6) is 0 Å². The van der Waals surface area contributed by atoms with Gasteiger partial charge in [-0.25, -0.2) is 4.79 Å². The normalized spacial score (nSPS) is 40.4. The molecule has 0 saturated carbocycles. The Morgan fingerprint density at radius 2 is 1.96 bits per heavy atom. The standard InChI is InChI=1S/C36H50O9/c1-21(2)14-31(37)41-19-26-16-30-34(39)43-29-17-28(45-35(18-29)13-12-24(5)25(6)44-35)11-10-23(4)15-22(3)8-7-9-27-20-42-33(32(26)38)36(27,30)40/h7-10,14,16,22,24-25,28-30,32-33,38,40H,11-13,15,17-20H2,1-6H3. The molecule has 1 spiro atoms. The predicted octanol–water partition coefficient (Wildman–Crippen LogP) is 5.02. The number of fused-ring (bicyclic) bond motifs is 2. The number of ether oxygens (including phenoxy) is 5. The Kier molecular flexibility index (Phi) is 10.3. The van der Waals surface area contributed by atoms with Gasteiger partial charge in [0.2, 0.25) is 0 Å². The SMILES string of the molecule is CC(C)=CC(=O)OCC1=CC2C(=O)OC3CC(CC=C(C)CC(C)C=CC=C4COC(C1O)C42O)OC1(CCC(C)C(C)O1)C3. The van der Waals surface area contributed by atoms with Gasteiger partial charge in [-0.2, -0.15) is 0 Å². The summed E-state index contributed by atoms with van der Waals surface area (Å²) >= 11 is 0. The maximum absolute atomic E-state index is 14.2. The molecule has 0 amide bonds. The van der Waals surface area contributed by atoms with Crippen molar-refractivity contribution in [1.29, 1.82) is 0 Å². The average molecular weight is 627 g/mol. The van der Waals surface area contributed by atoms with Crippen LogP contribution in [-0.4, -0.2) is 77.3 Å². The van der Waals surface area contributed by atoms with Crippen LogP contribution < -0.4 is 0 Å². The van der Waals surface area contributed by atoms with Crippen LogP contribution in [0.2, 0.25) is 0 Å². The summed E-state index contributed by atoms with van der Waals surface area (Å²) in [4.78, 5) is 26.4. The van der Waals surface area contributed by atoms with E-state index in [0.29, 0.717) is 37.2 Å². The topological polar surface area (TPSA) is 121 Å². The quantitative estimate of drug-likeness (QED) is 0.253. The van der Waals surface area contributed by atoms with Crippen LogP contribution in [0.3, 0.4) is 0 Å². The zero-order chi connectivity index (χ0) is 32.5. The van der Waals surface area contributed by atoms with Gasteiger partial charge in [0, 0.05) is 25.3 Å². The van der Waals surface area contributed by atoms with E-state index in [1.165, 1.54) is 17.7 Å². The molecule has 9 nitrogen and oxygen atoms in total. The van der Waals surface area contributed by atoms with Gasteiger partial charge < -0.3 is 33.9 Å². The van der Waals surface area contributed by atoms with Crippen LogP contribution in [-0.2, 0) is 33.3 Å². The first kappa shape index (κ1) is 33.8. The molecule has 0 radical (unpaired) electrons. The molecule has 10 unspecified atom stereocenters. The van der Waals surface area contributed by atoms with Crippen molar-refractivity contribution in [2.24, 2.45) is 17.8 Å². The summed E-state index contributed by atoms with van der Waals surface area (Å²) in [5.41, 5.74) is 0.929. The number of carbonyl (C=O) groups excluding carboxylic acids is 2. The number of hydrogen-bond acceptors (Lipinski definition) is 9. The minimum atomic E-state index is -1.85. The summed E-state index contributed by atoms with van der Waals surface area (Å²) in [6.45, 7) is 11.8. The van der Waals surface area contributed by atoms with E-state index in [1.807, 2.05) is 6.08 Å². The predicted molar refractivity (Wildman–Crippen MR) is 168 cm³/mol. The molecule has 45 heavy (non-hydrogen) atoms. The second kappa shape index (κ2) is 13.7. The van der Waals surface area contributed by atoms with Crippen LogP contribution in [0.25, 0.3) is 0 Å². The Morgan fingerprint density at radius 3 is 2.69 bits per heavy atom. The van der Waals surface area contributed by atoms with E-state index in [4.69, 9.17) is 23.7 Å². The minimum Gasteiger partial charge on any atom is -0.462 e. The zero-order valence-electron chi connectivity index (χ0n) is 27.5. The number of esters is 2. The maximum atomic E-state index is 14.2. The van der Waals surface area contributed by atoms with Gasteiger partial charge >= 0.3 is 11.9 Å². The van der Waals surface area contributed by atoms with Gasteiger partial charge in [0.1, 0.15) is 36.4 Å². The molecule has 5 aliphatic rings. The van der Waals surface area contributed by atoms with Crippen LogP contribution >= 0.6 is 0 Å². The Morgan fingerprint density at radius 1 is 1.18 bits per heavy atom. The molecular weight excluding hydrogens is 576 g/mol. The maximum Gasteiger partial charge on any atom is 0.331 e. The Bertz CT molecular complexity index is 1290. The van der Waals surface area contributed by atoms with Crippen molar-refractivity contribution < 1.29 is 43.5 Å². The van der Waals surface area contributed by atoms with Crippen molar-refractivity contribution in [3.8, 4) is 0 Å². The molecule has 2 N–H and O–H groups in total. The van der Waals surface area contributed by atoms with Gasteiger partial charge in [0.05, 0.1) is 18.8 Å². The van der Waals surface area contributed by atoms with Gasteiger partial charge in [-0.3, -0.25) is 4.79 Å². The third kappa shape index (κ3) is 7.38. The highest BCUT2D eigenvalue weighted by Crippen LogP contribution is 2.47. The lowest BCUT2D eigenvalue weighted by Gasteiger charge is -2.49. The van der Waals surface area contributed by atoms with E-state index in [2.05, 4.69) is 39.8 Å². The first-order valence-corrected chi connectivity index (χ1v) is 16.4. The number of aliphatic hydroxyl groups excluding tert-OH is 1. The molecule has 0 aromatic rings. The van der Waals surface area contributed by atoms with Crippen LogP contribution in [0, 0.1) is 17.8 Å². The molecule has 3 saturated heterocycles. The Hall–Kier alpha value is -2.56. The number of allylic oxidation sites excluding steroid dienone is 5. The van der Waals surface area contributed by atoms with Gasteiger partial charge in [-0.05, 0) is 69.9 Å². The van der Waals surface area contributed by atoms with Gasteiger partial charge in [-0.15, -0.1) is 0 Å². The molecule has 1 aliphatic carbocycles.